The maximum atomic E-state index is 11.0. The van der Waals surface area contributed by atoms with Crippen molar-refractivity contribution < 1.29 is 14.3 Å². The second-order valence-corrected chi connectivity index (χ2v) is 3.76. The molecule has 1 aliphatic rings. The first-order chi connectivity index (χ1) is 6.74. The minimum atomic E-state index is -0.456. The topological polar surface area (TPSA) is 61.5 Å². The molecule has 4 heteroatoms. The van der Waals surface area contributed by atoms with Gasteiger partial charge in [-0.2, -0.15) is 0 Å². The van der Waals surface area contributed by atoms with Crippen LogP contribution in [0.5, 0.6) is 0 Å². The molecule has 14 heavy (non-hydrogen) atoms. The Morgan fingerprint density at radius 1 is 1.57 bits per heavy atom. The number of nitrogens with two attached hydrogens (primary N) is 1. The smallest absolute Gasteiger partial charge is 0.322 e. The lowest BCUT2D eigenvalue weighted by atomic mass is 9.93. The molecule has 0 aromatic heterocycles. The number of hydrogen-bond donors (Lipinski definition) is 1. The van der Waals surface area contributed by atoms with Crippen molar-refractivity contribution in [1.29, 1.82) is 0 Å². The van der Waals surface area contributed by atoms with E-state index in [2.05, 4.69) is 4.74 Å². The molecule has 0 aliphatic carbocycles. The maximum absolute atomic E-state index is 11.0. The van der Waals surface area contributed by atoms with Gasteiger partial charge in [-0.15, -0.1) is 0 Å². The lowest BCUT2D eigenvalue weighted by Gasteiger charge is -2.22. The van der Waals surface area contributed by atoms with Gasteiger partial charge in [-0.25, -0.2) is 0 Å². The highest BCUT2D eigenvalue weighted by molar-refractivity contribution is 5.75. The first-order valence-corrected chi connectivity index (χ1v) is 5.15. The fourth-order valence-electron chi connectivity index (χ4n) is 1.72. The molecule has 1 saturated heterocycles. The van der Waals surface area contributed by atoms with Crippen LogP contribution < -0.4 is 5.73 Å². The first kappa shape index (κ1) is 11.5. The summed E-state index contributed by atoms with van der Waals surface area (Å²) in [5.41, 5.74) is 5.64. The van der Waals surface area contributed by atoms with Gasteiger partial charge in [0.15, 0.2) is 0 Å². The average Bonchev–Trinajstić information content (AvgIpc) is 2.26. The summed E-state index contributed by atoms with van der Waals surface area (Å²) in [5.74, 6) is 0.358. The van der Waals surface area contributed by atoms with E-state index in [0.29, 0.717) is 5.92 Å². The first-order valence-electron chi connectivity index (χ1n) is 5.15. The largest absolute Gasteiger partial charge is 0.468 e. The molecule has 0 unspecified atom stereocenters. The molecule has 0 aromatic rings. The summed E-state index contributed by atoms with van der Waals surface area (Å²) < 4.78 is 9.82. The van der Waals surface area contributed by atoms with E-state index in [-0.39, 0.29) is 5.97 Å². The summed E-state index contributed by atoms with van der Waals surface area (Å²) in [5, 5.41) is 0. The van der Waals surface area contributed by atoms with Crippen molar-refractivity contribution in [2.45, 2.75) is 31.7 Å². The van der Waals surface area contributed by atoms with Crippen molar-refractivity contribution in [3.05, 3.63) is 0 Å². The number of rotatable bonds is 4. The van der Waals surface area contributed by atoms with E-state index in [1.54, 1.807) is 0 Å². The summed E-state index contributed by atoms with van der Waals surface area (Å²) in [6, 6.07) is -0.456. The normalized spacial score (nSPS) is 20.4. The third kappa shape index (κ3) is 3.64. The molecule has 1 fully saturated rings. The van der Waals surface area contributed by atoms with Crippen LogP contribution in [0.4, 0.5) is 0 Å². The summed E-state index contributed by atoms with van der Waals surface area (Å²) in [7, 11) is 1.37. The van der Waals surface area contributed by atoms with Gasteiger partial charge in [-0.1, -0.05) is 0 Å². The van der Waals surface area contributed by atoms with E-state index in [4.69, 9.17) is 10.5 Å². The number of ether oxygens (including phenoxy) is 2. The molecule has 4 nitrogen and oxygen atoms in total. The molecular formula is C10H19NO3. The molecule has 1 aliphatic heterocycles. The van der Waals surface area contributed by atoms with E-state index in [9.17, 15) is 4.79 Å². The van der Waals surface area contributed by atoms with Crippen molar-refractivity contribution in [2.24, 2.45) is 11.7 Å². The molecule has 1 atom stereocenters. The SMILES string of the molecule is COC(=O)[C@@H](N)CCC1CCOCC1. The predicted octanol–water partition coefficient (Wildman–Crippen LogP) is 0.693. The van der Waals surface area contributed by atoms with Crippen LogP contribution in [-0.4, -0.2) is 32.3 Å². The van der Waals surface area contributed by atoms with Crippen LogP contribution in [0, 0.1) is 5.92 Å². The Morgan fingerprint density at radius 3 is 2.79 bits per heavy atom. The number of hydrogen-bond acceptors (Lipinski definition) is 4. The van der Waals surface area contributed by atoms with Crippen LogP contribution in [0.3, 0.4) is 0 Å². The molecule has 0 saturated carbocycles. The van der Waals surface area contributed by atoms with Crippen LogP contribution in [0.1, 0.15) is 25.7 Å². The molecule has 1 heterocycles. The maximum Gasteiger partial charge on any atom is 0.322 e. The third-order valence-corrected chi connectivity index (χ3v) is 2.73. The van der Waals surface area contributed by atoms with Gasteiger partial charge in [0, 0.05) is 13.2 Å². The standard InChI is InChI=1S/C10H19NO3/c1-13-10(12)9(11)3-2-8-4-6-14-7-5-8/h8-9H,2-7,11H2,1H3/t9-/m0/s1. The molecular weight excluding hydrogens is 182 g/mol. The van der Waals surface area contributed by atoms with Crippen molar-refractivity contribution in [2.75, 3.05) is 20.3 Å². The third-order valence-electron chi connectivity index (χ3n) is 2.73. The van der Waals surface area contributed by atoms with Crippen molar-refractivity contribution in [1.82, 2.24) is 0 Å². The van der Waals surface area contributed by atoms with Crippen LogP contribution in [0.2, 0.25) is 0 Å². The van der Waals surface area contributed by atoms with Gasteiger partial charge in [-0.3, -0.25) is 4.79 Å². The van der Waals surface area contributed by atoms with Crippen molar-refractivity contribution in [3.8, 4) is 0 Å². The summed E-state index contributed by atoms with van der Waals surface area (Å²) in [6.07, 6.45) is 3.90. The predicted molar refractivity (Wildman–Crippen MR) is 52.8 cm³/mol. The number of methoxy groups -OCH3 is 1. The van der Waals surface area contributed by atoms with E-state index in [1.807, 2.05) is 0 Å². The highest BCUT2D eigenvalue weighted by Crippen LogP contribution is 2.20. The molecule has 1 rings (SSSR count). The van der Waals surface area contributed by atoms with Crippen LogP contribution >= 0.6 is 0 Å². The van der Waals surface area contributed by atoms with Gasteiger partial charge < -0.3 is 15.2 Å². The molecule has 0 radical (unpaired) electrons. The van der Waals surface area contributed by atoms with Gasteiger partial charge in [0.2, 0.25) is 0 Å². The van der Waals surface area contributed by atoms with E-state index in [1.165, 1.54) is 7.11 Å². The molecule has 82 valence electrons. The molecule has 2 N–H and O–H groups in total. The number of esters is 1. The zero-order valence-electron chi connectivity index (χ0n) is 8.70. The monoisotopic (exact) mass is 201 g/mol. The fraction of sp³-hybridized carbons (Fsp3) is 0.900. The van der Waals surface area contributed by atoms with Crippen LogP contribution in [-0.2, 0) is 14.3 Å². The second-order valence-electron chi connectivity index (χ2n) is 3.76. The van der Waals surface area contributed by atoms with Crippen molar-refractivity contribution >= 4 is 5.97 Å². The Kier molecular flexibility index (Phi) is 4.90. The highest BCUT2D eigenvalue weighted by Gasteiger charge is 2.18. The Hall–Kier alpha value is -0.610. The molecule has 0 aromatic carbocycles. The fourth-order valence-corrected chi connectivity index (χ4v) is 1.72. The average molecular weight is 201 g/mol. The van der Waals surface area contributed by atoms with Gasteiger partial charge in [0.05, 0.1) is 7.11 Å². The number of carbonyl (C=O) groups excluding carboxylic acids is 1. The Balaban J connectivity index is 2.15. The van der Waals surface area contributed by atoms with E-state index in [0.717, 1.165) is 38.9 Å². The Labute approximate surface area is 84.7 Å². The molecule has 0 spiro atoms. The van der Waals surface area contributed by atoms with E-state index < -0.39 is 6.04 Å². The van der Waals surface area contributed by atoms with Gasteiger partial charge >= 0.3 is 5.97 Å². The second kappa shape index (κ2) is 5.98. The quantitative estimate of drug-likeness (QED) is 0.680. The van der Waals surface area contributed by atoms with Crippen LogP contribution in [0.25, 0.3) is 0 Å². The van der Waals surface area contributed by atoms with E-state index >= 15 is 0 Å². The lowest BCUT2D eigenvalue weighted by molar-refractivity contribution is -0.142. The van der Waals surface area contributed by atoms with Crippen LogP contribution in [0.15, 0.2) is 0 Å². The summed E-state index contributed by atoms with van der Waals surface area (Å²) in [6.45, 7) is 1.69. The Bertz CT molecular complexity index is 178. The van der Waals surface area contributed by atoms with Gasteiger partial charge in [0.25, 0.3) is 0 Å². The number of carbonyl (C=O) groups is 1. The lowest BCUT2D eigenvalue weighted by Crippen LogP contribution is -2.32. The molecule has 0 amide bonds. The zero-order chi connectivity index (χ0) is 10.4. The van der Waals surface area contributed by atoms with Gasteiger partial charge in [-0.05, 0) is 31.6 Å². The Morgan fingerprint density at radius 2 is 2.21 bits per heavy atom. The highest BCUT2D eigenvalue weighted by atomic mass is 16.5. The zero-order valence-corrected chi connectivity index (χ0v) is 8.70. The van der Waals surface area contributed by atoms with Gasteiger partial charge in [0.1, 0.15) is 6.04 Å². The minimum Gasteiger partial charge on any atom is -0.468 e. The summed E-state index contributed by atoms with van der Waals surface area (Å²) >= 11 is 0. The minimum absolute atomic E-state index is 0.308. The molecule has 0 bridgehead atoms. The van der Waals surface area contributed by atoms with Crippen molar-refractivity contribution in [3.63, 3.8) is 0 Å². The summed E-state index contributed by atoms with van der Waals surface area (Å²) in [4.78, 5) is 11.0.